The molecular formula is C13H15N7. The number of tetrazole rings is 1. The third-order valence-electron chi connectivity index (χ3n) is 3.10. The molecule has 1 N–H and O–H groups in total. The minimum absolute atomic E-state index is 0.701. The number of hydrogen-bond acceptors (Lipinski definition) is 5. The number of imidazole rings is 1. The van der Waals surface area contributed by atoms with Crippen LogP contribution in [0.15, 0.2) is 43.1 Å². The largest absolute Gasteiger partial charge is 0.378 e. The second kappa shape index (κ2) is 5.52. The predicted molar refractivity (Wildman–Crippen MR) is 74.4 cm³/mol. The second-order valence-electron chi connectivity index (χ2n) is 4.30. The fourth-order valence-electron chi connectivity index (χ4n) is 2.06. The standard InChI is InChI=1S/C13H15N7/c1-2-19-9-14-7-11(19)8-15-12-5-3-4-6-13(12)20-10-16-17-18-20/h3-7,9-10,15H,2,8H2,1H3. The highest BCUT2D eigenvalue weighted by molar-refractivity contribution is 5.60. The molecule has 0 aliphatic heterocycles. The molecule has 3 aromatic rings. The van der Waals surface area contributed by atoms with Crippen molar-refractivity contribution in [3.05, 3.63) is 48.8 Å². The zero-order valence-corrected chi connectivity index (χ0v) is 11.1. The van der Waals surface area contributed by atoms with E-state index in [1.54, 1.807) is 11.0 Å². The highest BCUT2D eigenvalue weighted by Crippen LogP contribution is 2.19. The van der Waals surface area contributed by atoms with Crippen molar-refractivity contribution in [1.82, 2.24) is 29.8 Å². The van der Waals surface area contributed by atoms with Gasteiger partial charge in [-0.15, -0.1) is 5.10 Å². The van der Waals surface area contributed by atoms with E-state index in [0.29, 0.717) is 6.54 Å². The number of aromatic nitrogens is 6. The molecule has 0 aliphatic rings. The fourth-order valence-corrected chi connectivity index (χ4v) is 2.06. The lowest BCUT2D eigenvalue weighted by Crippen LogP contribution is -2.08. The van der Waals surface area contributed by atoms with Crippen molar-refractivity contribution in [2.24, 2.45) is 0 Å². The minimum atomic E-state index is 0.701. The zero-order chi connectivity index (χ0) is 13.8. The Balaban J connectivity index is 1.81. The summed E-state index contributed by atoms with van der Waals surface area (Å²) in [6.07, 6.45) is 5.29. The van der Waals surface area contributed by atoms with E-state index in [-0.39, 0.29) is 0 Å². The summed E-state index contributed by atoms with van der Waals surface area (Å²) in [4.78, 5) is 4.16. The van der Waals surface area contributed by atoms with Gasteiger partial charge in [0, 0.05) is 12.7 Å². The van der Waals surface area contributed by atoms with E-state index in [0.717, 1.165) is 23.6 Å². The van der Waals surface area contributed by atoms with Crippen LogP contribution in [0.2, 0.25) is 0 Å². The normalized spacial score (nSPS) is 10.7. The van der Waals surface area contributed by atoms with Crippen LogP contribution in [0.4, 0.5) is 5.69 Å². The van der Waals surface area contributed by atoms with E-state index in [4.69, 9.17) is 0 Å². The van der Waals surface area contributed by atoms with Gasteiger partial charge in [-0.25, -0.2) is 4.98 Å². The summed E-state index contributed by atoms with van der Waals surface area (Å²) in [6.45, 7) is 3.71. The first-order valence-electron chi connectivity index (χ1n) is 6.43. The number of nitrogens with one attached hydrogen (secondary N) is 1. The molecule has 7 heteroatoms. The van der Waals surface area contributed by atoms with Crippen LogP contribution in [0, 0.1) is 0 Å². The maximum absolute atomic E-state index is 4.16. The van der Waals surface area contributed by atoms with Gasteiger partial charge in [0.1, 0.15) is 6.33 Å². The van der Waals surface area contributed by atoms with E-state index in [1.165, 1.54) is 0 Å². The van der Waals surface area contributed by atoms with Gasteiger partial charge in [0.2, 0.25) is 0 Å². The molecule has 0 aliphatic carbocycles. The molecule has 7 nitrogen and oxygen atoms in total. The van der Waals surface area contributed by atoms with Gasteiger partial charge in [-0.05, 0) is 29.5 Å². The molecule has 0 radical (unpaired) electrons. The minimum Gasteiger partial charge on any atom is -0.378 e. The Bertz CT molecular complexity index is 672. The van der Waals surface area contributed by atoms with E-state index in [2.05, 4.69) is 37.3 Å². The zero-order valence-electron chi connectivity index (χ0n) is 11.1. The highest BCUT2D eigenvalue weighted by Gasteiger charge is 2.06. The Morgan fingerprint density at radius 1 is 1.20 bits per heavy atom. The number of para-hydroxylation sites is 2. The van der Waals surface area contributed by atoms with Crippen molar-refractivity contribution in [3.8, 4) is 5.69 Å². The Labute approximate surface area is 116 Å². The molecule has 0 unspecified atom stereocenters. The van der Waals surface area contributed by atoms with Crippen molar-refractivity contribution in [1.29, 1.82) is 0 Å². The number of aryl methyl sites for hydroxylation is 1. The smallest absolute Gasteiger partial charge is 0.143 e. The van der Waals surface area contributed by atoms with Gasteiger partial charge in [-0.3, -0.25) is 0 Å². The maximum Gasteiger partial charge on any atom is 0.143 e. The molecule has 1 aromatic carbocycles. The highest BCUT2D eigenvalue weighted by atomic mass is 15.5. The van der Waals surface area contributed by atoms with Gasteiger partial charge in [0.05, 0.1) is 29.9 Å². The maximum atomic E-state index is 4.16. The number of hydrogen-bond donors (Lipinski definition) is 1. The molecule has 0 amide bonds. The summed E-state index contributed by atoms with van der Waals surface area (Å²) in [7, 11) is 0. The summed E-state index contributed by atoms with van der Waals surface area (Å²) in [5, 5.41) is 14.7. The number of rotatable bonds is 5. The lowest BCUT2D eigenvalue weighted by molar-refractivity contribution is 0.719. The Morgan fingerprint density at radius 2 is 2.10 bits per heavy atom. The van der Waals surface area contributed by atoms with E-state index >= 15 is 0 Å². The van der Waals surface area contributed by atoms with Gasteiger partial charge in [-0.1, -0.05) is 12.1 Å². The number of benzene rings is 1. The van der Waals surface area contributed by atoms with Crippen molar-refractivity contribution < 1.29 is 0 Å². The van der Waals surface area contributed by atoms with E-state index in [9.17, 15) is 0 Å². The Kier molecular flexibility index (Phi) is 3.40. The van der Waals surface area contributed by atoms with E-state index < -0.39 is 0 Å². The molecule has 3 rings (SSSR count). The average molecular weight is 269 g/mol. The molecule has 0 saturated heterocycles. The summed E-state index contributed by atoms with van der Waals surface area (Å²) >= 11 is 0. The van der Waals surface area contributed by atoms with E-state index in [1.807, 2.05) is 36.8 Å². The molecule has 0 atom stereocenters. The third-order valence-corrected chi connectivity index (χ3v) is 3.10. The van der Waals surface area contributed by atoms with Crippen molar-refractivity contribution in [3.63, 3.8) is 0 Å². The molecule has 2 aromatic heterocycles. The van der Waals surface area contributed by atoms with Crippen molar-refractivity contribution in [2.75, 3.05) is 5.32 Å². The lowest BCUT2D eigenvalue weighted by atomic mass is 10.2. The molecule has 20 heavy (non-hydrogen) atoms. The fraction of sp³-hybridized carbons (Fsp3) is 0.231. The van der Waals surface area contributed by atoms with Gasteiger partial charge in [-0.2, -0.15) is 4.68 Å². The lowest BCUT2D eigenvalue weighted by Gasteiger charge is -2.12. The summed E-state index contributed by atoms with van der Waals surface area (Å²) in [5.74, 6) is 0. The van der Waals surface area contributed by atoms with Gasteiger partial charge >= 0.3 is 0 Å². The van der Waals surface area contributed by atoms with Gasteiger partial charge in [0.15, 0.2) is 0 Å². The second-order valence-corrected chi connectivity index (χ2v) is 4.30. The Morgan fingerprint density at radius 3 is 2.90 bits per heavy atom. The Hall–Kier alpha value is -2.70. The monoisotopic (exact) mass is 269 g/mol. The first-order valence-corrected chi connectivity index (χ1v) is 6.43. The SMILES string of the molecule is CCn1cncc1CNc1ccccc1-n1cnnn1. The van der Waals surface area contributed by atoms with Crippen LogP contribution >= 0.6 is 0 Å². The molecule has 2 heterocycles. The number of anilines is 1. The topological polar surface area (TPSA) is 73.5 Å². The van der Waals surface area contributed by atoms with Gasteiger partial charge in [0.25, 0.3) is 0 Å². The molecular weight excluding hydrogens is 254 g/mol. The molecule has 0 bridgehead atoms. The van der Waals surface area contributed by atoms with Crippen LogP contribution in [0.1, 0.15) is 12.6 Å². The quantitative estimate of drug-likeness (QED) is 0.759. The summed E-state index contributed by atoms with van der Waals surface area (Å²) in [5.41, 5.74) is 3.03. The molecule has 0 fully saturated rings. The molecule has 0 saturated carbocycles. The molecule has 0 spiro atoms. The van der Waals surface area contributed by atoms with Crippen LogP contribution in [-0.4, -0.2) is 29.8 Å². The van der Waals surface area contributed by atoms with Crippen LogP contribution in [0.5, 0.6) is 0 Å². The van der Waals surface area contributed by atoms with Crippen LogP contribution in [0.3, 0.4) is 0 Å². The van der Waals surface area contributed by atoms with Crippen LogP contribution in [-0.2, 0) is 13.1 Å². The van der Waals surface area contributed by atoms with Crippen LogP contribution < -0.4 is 5.32 Å². The average Bonchev–Trinajstić information content (AvgIpc) is 3.16. The summed E-state index contributed by atoms with van der Waals surface area (Å²) in [6, 6.07) is 7.91. The molecule has 102 valence electrons. The first-order chi connectivity index (χ1) is 9.88. The predicted octanol–water partition coefficient (Wildman–Crippen LogP) is 1.49. The van der Waals surface area contributed by atoms with Crippen molar-refractivity contribution >= 4 is 5.69 Å². The van der Waals surface area contributed by atoms with Gasteiger partial charge < -0.3 is 9.88 Å². The third kappa shape index (κ3) is 2.37. The number of nitrogens with zero attached hydrogens (tertiary/aromatic N) is 6. The van der Waals surface area contributed by atoms with Crippen LogP contribution in [0.25, 0.3) is 5.69 Å². The van der Waals surface area contributed by atoms with Crippen molar-refractivity contribution in [2.45, 2.75) is 20.0 Å². The summed E-state index contributed by atoms with van der Waals surface area (Å²) < 4.78 is 3.74. The first kappa shape index (κ1) is 12.3.